The fourth-order valence-electron chi connectivity index (χ4n) is 0.608. The number of rotatable bonds is 4. The molecule has 0 fully saturated rings. The highest BCUT2D eigenvalue weighted by Crippen LogP contribution is 2.10. The first-order valence-electron chi connectivity index (χ1n) is 3.44. The van der Waals surface area contributed by atoms with E-state index in [-0.39, 0.29) is 10.8 Å². The summed E-state index contributed by atoms with van der Waals surface area (Å²) in [5.74, 6) is -1.80. The topological polar surface area (TPSA) is 115 Å². The van der Waals surface area contributed by atoms with Crippen molar-refractivity contribution in [1.82, 2.24) is 10.5 Å². The van der Waals surface area contributed by atoms with E-state index in [1.807, 2.05) is 5.48 Å². The third kappa shape index (κ3) is 2.99. The third-order valence-corrected chi connectivity index (χ3v) is 1.79. The zero-order chi connectivity index (χ0) is 10.6. The second-order valence-electron chi connectivity index (χ2n) is 2.18. The number of carbonyl (C=O) groups excluding carboxylic acids is 1. The number of carboxylic acids is 1. The lowest BCUT2D eigenvalue weighted by Crippen LogP contribution is -2.26. The summed E-state index contributed by atoms with van der Waals surface area (Å²) in [7, 11) is 0. The average Bonchev–Trinajstić information content (AvgIpc) is 2.51. The Labute approximate surface area is 82.5 Å². The highest BCUT2D eigenvalue weighted by atomic mass is 32.1. The molecule has 0 saturated carbocycles. The van der Waals surface area contributed by atoms with Crippen LogP contribution in [0.15, 0.2) is 5.38 Å². The van der Waals surface area contributed by atoms with Crippen LogP contribution in [0.3, 0.4) is 0 Å². The summed E-state index contributed by atoms with van der Waals surface area (Å²) in [6.07, 6.45) is 0. The van der Waals surface area contributed by atoms with Crippen LogP contribution in [0, 0.1) is 0 Å². The van der Waals surface area contributed by atoms with E-state index in [1.54, 1.807) is 0 Å². The Morgan fingerprint density at radius 3 is 2.93 bits per heavy atom. The van der Waals surface area contributed by atoms with Gasteiger partial charge in [-0.05, 0) is 0 Å². The second kappa shape index (κ2) is 4.53. The molecular formula is C6H7N3O4S. The molecule has 4 N–H and O–H groups in total. The summed E-state index contributed by atoms with van der Waals surface area (Å²) in [5.41, 5.74) is 7.29. The fraction of sp³-hybridized carbons (Fsp3) is 0.167. The lowest BCUT2D eigenvalue weighted by Gasteiger charge is -1.99. The van der Waals surface area contributed by atoms with Gasteiger partial charge < -0.3 is 10.8 Å². The number of hydrogen-bond donors (Lipinski definition) is 3. The minimum Gasteiger partial charge on any atom is -0.479 e. The largest absolute Gasteiger partial charge is 0.479 e. The van der Waals surface area contributed by atoms with Crippen LogP contribution in [0.4, 0.5) is 5.13 Å². The number of nitrogens with one attached hydrogen (secondary N) is 1. The van der Waals surface area contributed by atoms with Crippen molar-refractivity contribution in [3.63, 3.8) is 0 Å². The van der Waals surface area contributed by atoms with E-state index in [0.717, 1.165) is 11.3 Å². The summed E-state index contributed by atoms with van der Waals surface area (Å²) in [6, 6.07) is 0. The molecule has 1 heterocycles. The number of hydroxylamine groups is 1. The molecule has 0 aliphatic rings. The number of aliphatic carboxylic acids is 1. The van der Waals surface area contributed by atoms with Gasteiger partial charge in [-0.2, -0.15) is 0 Å². The van der Waals surface area contributed by atoms with Gasteiger partial charge >= 0.3 is 5.97 Å². The lowest BCUT2D eigenvalue weighted by molar-refractivity contribution is -0.144. The van der Waals surface area contributed by atoms with Crippen molar-refractivity contribution in [2.24, 2.45) is 0 Å². The maximum atomic E-state index is 11.1. The SMILES string of the molecule is Nc1nc(C(=O)NOCC(=O)O)cs1. The third-order valence-electron chi connectivity index (χ3n) is 1.12. The van der Waals surface area contributed by atoms with Crippen molar-refractivity contribution in [1.29, 1.82) is 0 Å². The van der Waals surface area contributed by atoms with Gasteiger partial charge in [0.05, 0.1) is 0 Å². The number of aromatic nitrogens is 1. The Morgan fingerprint density at radius 2 is 2.43 bits per heavy atom. The fourth-order valence-corrected chi connectivity index (χ4v) is 1.15. The molecule has 0 atom stereocenters. The van der Waals surface area contributed by atoms with Crippen LogP contribution in [0.25, 0.3) is 0 Å². The molecule has 8 heteroatoms. The molecule has 0 aliphatic heterocycles. The molecule has 7 nitrogen and oxygen atoms in total. The molecular weight excluding hydrogens is 210 g/mol. The maximum Gasteiger partial charge on any atom is 0.332 e. The van der Waals surface area contributed by atoms with E-state index in [1.165, 1.54) is 5.38 Å². The van der Waals surface area contributed by atoms with E-state index in [4.69, 9.17) is 10.8 Å². The summed E-state index contributed by atoms with van der Waals surface area (Å²) >= 11 is 1.11. The Bertz CT molecular complexity index is 351. The van der Waals surface area contributed by atoms with Crippen molar-refractivity contribution >= 4 is 28.3 Å². The summed E-state index contributed by atoms with van der Waals surface area (Å²) < 4.78 is 0. The first kappa shape index (κ1) is 10.4. The van der Waals surface area contributed by atoms with Gasteiger partial charge in [-0.25, -0.2) is 15.3 Å². The van der Waals surface area contributed by atoms with Crippen molar-refractivity contribution < 1.29 is 19.5 Å². The molecule has 0 spiro atoms. The Morgan fingerprint density at radius 1 is 1.71 bits per heavy atom. The molecule has 1 amide bonds. The van der Waals surface area contributed by atoms with Crippen LogP contribution >= 0.6 is 11.3 Å². The van der Waals surface area contributed by atoms with Gasteiger partial charge in [0, 0.05) is 5.38 Å². The number of thiazole rings is 1. The van der Waals surface area contributed by atoms with E-state index >= 15 is 0 Å². The van der Waals surface area contributed by atoms with Gasteiger partial charge in [-0.3, -0.25) is 9.63 Å². The van der Waals surface area contributed by atoms with E-state index in [9.17, 15) is 9.59 Å². The Kier molecular flexibility index (Phi) is 3.37. The van der Waals surface area contributed by atoms with Crippen LogP contribution < -0.4 is 11.2 Å². The smallest absolute Gasteiger partial charge is 0.332 e. The molecule has 1 aromatic heterocycles. The van der Waals surface area contributed by atoms with Crippen LogP contribution in [0.1, 0.15) is 10.5 Å². The number of nitrogens with zero attached hydrogens (tertiary/aromatic N) is 1. The molecule has 0 unspecified atom stereocenters. The normalized spacial score (nSPS) is 9.71. The number of amides is 1. The van der Waals surface area contributed by atoms with Gasteiger partial charge in [0.15, 0.2) is 11.7 Å². The van der Waals surface area contributed by atoms with E-state index in [0.29, 0.717) is 0 Å². The van der Waals surface area contributed by atoms with Gasteiger partial charge in [-0.15, -0.1) is 11.3 Å². The number of carbonyl (C=O) groups is 2. The summed E-state index contributed by atoms with van der Waals surface area (Å²) in [4.78, 5) is 29.1. The number of nitrogens with two attached hydrogens (primary N) is 1. The number of hydrogen-bond acceptors (Lipinski definition) is 6. The summed E-state index contributed by atoms with van der Waals surface area (Å²) in [5, 5.41) is 9.89. The van der Waals surface area contributed by atoms with Crippen LogP contribution in [0.2, 0.25) is 0 Å². The molecule has 0 radical (unpaired) electrons. The first-order valence-corrected chi connectivity index (χ1v) is 4.32. The second-order valence-corrected chi connectivity index (χ2v) is 3.07. The van der Waals surface area contributed by atoms with Crippen LogP contribution in [0.5, 0.6) is 0 Å². The van der Waals surface area contributed by atoms with Gasteiger partial charge in [0.1, 0.15) is 5.69 Å². The highest BCUT2D eigenvalue weighted by molar-refractivity contribution is 7.13. The van der Waals surface area contributed by atoms with Gasteiger partial charge in [0.25, 0.3) is 5.91 Å². The number of anilines is 1. The van der Waals surface area contributed by atoms with Crippen molar-refractivity contribution in [3.8, 4) is 0 Å². The maximum absolute atomic E-state index is 11.1. The standard InChI is InChI=1S/C6H7N3O4S/c7-6-8-3(2-14-6)5(12)9-13-1-4(10)11/h2H,1H2,(H2,7,8)(H,9,12)(H,10,11). The molecule has 76 valence electrons. The van der Waals surface area contributed by atoms with Gasteiger partial charge in [-0.1, -0.05) is 0 Å². The summed E-state index contributed by atoms with van der Waals surface area (Å²) in [6.45, 7) is -0.606. The van der Waals surface area contributed by atoms with Crippen LogP contribution in [-0.4, -0.2) is 28.6 Å². The molecule has 14 heavy (non-hydrogen) atoms. The number of carboxylic acid groups (broad SMARTS) is 1. The zero-order valence-electron chi connectivity index (χ0n) is 6.89. The molecule has 0 saturated heterocycles. The molecule has 0 aliphatic carbocycles. The molecule has 1 rings (SSSR count). The van der Waals surface area contributed by atoms with E-state index < -0.39 is 18.5 Å². The predicted molar refractivity (Wildman–Crippen MR) is 47.6 cm³/mol. The highest BCUT2D eigenvalue weighted by Gasteiger charge is 2.09. The quantitative estimate of drug-likeness (QED) is 0.584. The van der Waals surface area contributed by atoms with Crippen molar-refractivity contribution in [3.05, 3.63) is 11.1 Å². The molecule has 0 aromatic carbocycles. The van der Waals surface area contributed by atoms with Gasteiger partial charge in [0.2, 0.25) is 0 Å². The first-order chi connectivity index (χ1) is 6.59. The minimum atomic E-state index is -1.18. The van der Waals surface area contributed by atoms with Crippen molar-refractivity contribution in [2.75, 3.05) is 12.3 Å². The predicted octanol–water partition coefficient (Wildman–Crippen LogP) is -0.529. The zero-order valence-corrected chi connectivity index (χ0v) is 7.71. The lowest BCUT2D eigenvalue weighted by atomic mass is 10.5. The molecule has 0 bridgehead atoms. The van der Waals surface area contributed by atoms with Crippen molar-refractivity contribution in [2.45, 2.75) is 0 Å². The molecule has 1 aromatic rings. The average molecular weight is 217 g/mol. The Balaban J connectivity index is 2.39. The monoisotopic (exact) mass is 217 g/mol. The van der Waals surface area contributed by atoms with E-state index in [2.05, 4.69) is 9.82 Å². The minimum absolute atomic E-state index is 0.0953. The van der Waals surface area contributed by atoms with Crippen LogP contribution in [-0.2, 0) is 9.63 Å². The Hall–Kier alpha value is -1.67. The number of nitrogen functional groups attached to an aromatic ring is 1.